The number of aryl methyl sites for hydroxylation is 2. The highest BCUT2D eigenvalue weighted by molar-refractivity contribution is 6.13. The Hall–Kier alpha value is -2.95. The van der Waals surface area contributed by atoms with Gasteiger partial charge in [-0.15, -0.1) is 0 Å². The van der Waals surface area contributed by atoms with Crippen molar-refractivity contribution < 1.29 is 19.1 Å². The van der Waals surface area contributed by atoms with Crippen LogP contribution in [0.3, 0.4) is 0 Å². The highest BCUT2D eigenvalue weighted by Crippen LogP contribution is 2.45. The van der Waals surface area contributed by atoms with Crippen molar-refractivity contribution in [1.29, 1.82) is 0 Å². The molecule has 0 unspecified atom stereocenters. The molecule has 0 bridgehead atoms. The van der Waals surface area contributed by atoms with E-state index in [4.69, 9.17) is 4.74 Å². The number of benzene rings is 2. The number of fused-ring (bicyclic) bond motifs is 3. The van der Waals surface area contributed by atoms with Crippen LogP contribution in [-0.4, -0.2) is 29.4 Å². The molecule has 0 spiro atoms. The normalized spacial score (nSPS) is 16.0. The van der Waals surface area contributed by atoms with E-state index in [0.29, 0.717) is 4.90 Å². The molecule has 0 N–H and O–H groups in total. The fraction of sp³-hybridized carbons (Fsp3) is 0.286. The van der Waals surface area contributed by atoms with Gasteiger partial charge < -0.3 is 4.74 Å². The number of ether oxygens (including phenoxy) is 1. The fourth-order valence-electron chi connectivity index (χ4n) is 3.76. The molecule has 0 saturated carbocycles. The molecule has 0 aromatic heterocycles. The van der Waals surface area contributed by atoms with E-state index >= 15 is 0 Å². The summed E-state index contributed by atoms with van der Waals surface area (Å²) in [6.45, 7) is 4.20. The molecule has 2 aliphatic rings. The second-order valence-corrected chi connectivity index (χ2v) is 6.93. The monoisotopic (exact) mass is 349 g/mol. The lowest BCUT2D eigenvalue weighted by molar-refractivity contribution is -0.136. The number of imide groups is 3. The molecule has 26 heavy (non-hydrogen) atoms. The summed E-state index contributed by atoms with van der Waals surface area (Å²) in [5.41, 5.74) is 6.84. The minimum Gasteiger partial charge on any atom is -0.448 e. The van der Waals surface area contributed by atoms with Crippen LogP contribution in [0.4, 0.5) is 4.79 Å². The van der Waals surface area contributed by atoms with Gasteiger partial charge in [0.15, 0.2) is 0 Å². The van der Waals surface area contributed by atoms with Gasteiger partial charge in [0, 0.05) is 18.8 Å². The first-order valence-electron chi connectivity index (χ1n) is 8.69. The van der Waals surface area contributed by atoms with Crippen LogP contribution in [0.1, 0.15) is 41.0 Å². The van der Waals surface area contributed by atoms with Crippen molar-refractivity contribution in [1.82, 2.24) is 4.90 Å². The average Bonchev–Trinajstić information content (AvgIpc) is 3.09. The molecular weight excluding hydrogens is 330 g/mol. The van der Waals surface area contributed by atoms with Gasteiger partial charge >= 0.3 is 6.09 Å². The van der Waals surface area contributed by atoms with Crippen LogP contribution >= 0.6 is 0 Å². The van der Waals surface area contributed by atoms with E-state index < -0.39 is 17.9 Å². The van der Waals surface area contributed by atoms with Crippen LogP contribution in [0, 0.1) is 13.8 Å². The van der Waals surface area contributed by atoms with E-state index in [9.17, 15) is 14.4 Å². The van der Waals surface area contributed by atoms with Gasteiger partial charge in [-0.05, 0) is 36.1 Å². The third kappa shape index (κ3) is 2.60. The summed E-state index contributed by atoms with van der Waals surface area (Å²) in [7, 11) is 0. The van der Waals surface area contributed by atoms with Gasteiger partial charge in [0.05, 0.1) is 0 Å². The first-order chi connectivity index (χ1) is 12.5. The summed E-state index contributed by atoms with van der Waals surface area (Å²) in [5, 5.41) is 0. The van der Waals surface area contributed by atoms with Crippen LogP contribution in [-0.2, 0) is 14.3 Å². The SMILES string of the molecule is Cc1ccc2c(c1)-c1cc(C)ccc1C2COC(=O)N1C(=O)CCC1=O. The second kappa shape index (κ2) is 6.09. The van der Waals surface area contributed by atoms with Gasteiger partial charge in [-0.1, -0.05) is 47.5 Å². The lowest BCUT2D eigenvalue weighted by atomic mass is 9.97. The maximum absolute atomic E-state index is 12.2. The molecule has 5 heteroatoms. The van der Waals surface area contributed by atoms with Crippen molar-refractivity contribution >= 4 is 17.9 Å². The van der Waals surface area contributed by atoms with E-state index in [1.165, 1.54) is 11.1 Å². The number of carbonyl (C=O) groups excluding carboxylic acids is 3. The maximum Gasteiger partial charge on any atom is 0.423 e. The smallest absolute Gasteiger partial charge is 0.423 e. The molecule has 1 aliphatic carbocycles. The van der Waals surface area contributed by atoms with E-state index in [-0.39, 0.29) is 25.4 Å². The van der Waals surface area contributed by atoms with Crippen molar-refractivity contribution in [3.8, 4) is 11.1 Å². The Balaban J connectivity index is 1.62. The first kappa shape index (κ1) is 16.5. The number of hydrogen-bond donors (Lipinski definition) is 0. The van der Waals surface area contributed by atoms with Gasteiger partial charge in [-0.3, -0.25) is 9.59 Å². The third-order valence-corrected chi connectivity index (χ3v) is 5.07. The minimum atomic E-state index is -0.869. The van der Waals surface area contributed by atoms with Crippen LogP contribution in [0.25, 0.3) is 11.1 Å². The van der Waals surface area contributed by atoms with Gasteiger partial charge in [0.2, 0.25) is 11.8 Å². The maximum atomic E-state index is 12.2. The van der Waals surface area contributed by atoms with E-state index in [1.54, 1.807) is 0 Å². The number of nitrogens with zero attached hydrogens (tertiary/aromatic N) is 1. The molecule has 5 nitrogen and oxygen atoms in total. The van der Waals surface area contributed by atoms with Crippen molar-refractivity contribution in [3.63, 3.8) is 0 Å². The number of rotatable bonds is 2. The number of likely N-dealkylation sites (tertiary alicyclic amines) is 1. The highest BCUT2D eigenvalue weighted by Gasteiger charge is 2.37. The fourth-order valence-corrected chi connectivity index (χ4v) is 3.76. The number of amides is 3. The summed E-state index contributed by atoms with van der Waals surface area (Å²) in [6, 6.07) is 12.5. The Labute approximate surface area is 151 Å². The molecule has 1 aliphatic heterocycles. The third-order valence-electron chi connectivity index (χ3n) is 5.07. The topological polar surface area (TPSA) is 63.7 Å². The van der Waals surface area contributed by atoms with E-state index in [0.717, 1.165) is 22.3 Å². The molecule has 1 heterocycles. The standard InChI is InChI=1S/C21H19NO4/c1-12-3-5-14-16(9-12)17-10-13(2)4-6-15(17)18(14)11-26-21(25)22-19(23)7-8-20(22)24/h3-6,9-10,18H,7-8,11H2,1-2H3. The summed E-state index contributed by atoms with van der Waals surface area (Å²) < 4.78 is 5.37. The van der Waals surface area contributed by atoms with Gasteiger partial charge in [-0.2, -0.15) is 4.90 Å². The van der Waals surface area contributed by atoms with Gasteiger partial charge in [0.1, 0.15) is 6.61 Å². The summed E-state index contributed by atoms with van der Waals surface area (Å²) in [5.74, 6) is -1.07. The zero-order valence-electron chi connectivity index (χ0n) is 14.7. The molecule has 4 rings (SSSR count). The van der Waals surface area contributed by atoms with Crippen molar-refractivity contribution in [2.75, 3.05) is 6.61 Å². The molecule has 1 saturated heterocycles. The lowest BCUT2D eigenvalue weighted by Gasteiger charge is -2.17. The Morgan fingerprint density at radius 2 is 1.46 bits per heavy atom. The van der Waals surface area contributed by atoms with E-state index in [1.807, 2.05) is 26.0 Å². The zero-order chi connectivity index (χ0) is 18.4. The van der Waals surface area contributed by atoms with Crippen LogP contribution in [0.5, 0.6) is 0 Å². The second-order valence-electron chi connectivity index (χ2n) is 6.93. The summed E-state index contributed by atoms with van der Waals surface area (Å²) in [6.07, 6.45) is -0.727. The molecule has 1 fully saturated rings. The van der Waals surface area contributed by atoms with Crippen LogP contribution in [0.2, 0.25) is 0 Å². The van der Waals surface area contributed by atoms with Crippen molar-refractivity contribution in [3.05, 3.63) is 58.7 Å². The van der Waals surface area contributed by atoms with Crippen molar-refractivity contribution in [2.24, 2.45) is 0 Å². The van der Waals surface area contributed by atoms with E-state index in [2.05, 4.69) is 24.3 Å². The number of carbonyl (C=O) groups is 3. The molecular formula is C21H19NO4. The van der Waals surface area contributed by atoms with Gasteiger partial charge in [-0.25, -0.2) is 4.79 Å². The Bertz CT molecular complexity index is 880. The van der Waals surface area contributed by atoms with Gasteiger partial charge in [0.25, 0.3) is 0 Å². The average molecular weight is 349 g/mol. The highest BCUT2D eigenvalue weighted by atomic mass is 16.6. The van der Waals surface area contributed by atoms with Crippen LogP contribution < -0.4 is 0 Å². The minimum absolute atomic E-state index is 0.0710. The Kier molecular flexibility index (Phi) is 3.87. The lowest BCUT2D eigenvalue weighted by Crippen LogP contribution is -2.36. The molecule has 2 aromatic rings. The summed E-state index contributed by atoms with van der Waals surface area (Å²) >= 11 is 0. The predicted octanol–water partition coefficient (Wildman–Crippen LogP) is 3.70. The zero-order valence-corrected chi connectivity index (χ0v) is 14.7. The molecule has 0 atom stereocenters. The number of hydrogen-bond acceptors (Lipinski definition) is 4. The van der Waals surface area contributed by atoms with Crippen molar-refractivity contribution in [2.45, 2.75) is 32.6 Å². The Morgan fingerprint density at radius 3 is 1.96 bits per heavy atom. The quantitative estimate of drug-likeness (QED) is 0.776. The molecule has 0 radical (unpaired) electrons. The molecule has 2 aromatic carbocycles. The molecule has 132 valence electrons. The largest absolute Gasteiger partial charge is 0.448 e. The van der Waals surface area contributed by atoms with Crippen LogP contribution in [0.15, 0.2) is 36.4 Å². The molecule has 3 amide bonds. The predicted molar refractivity (Wildman–Crippen MR) is 95.6 cm³/mol. The summed E-state index contributed by atoms with van der Waals surface area (Å²) in [4.78, 5) is 36.2. The Morgan fingerprint density at radius 1 is 0.962 bits per heavy atom. The first-order valence-corrected chi connectivity index (χ1v) is 8.69.